The Hall–Kier alpha value is -1.06. The Morgan fingerprint density at radius 1 is 1.14 bits per heavy atom. The third-order valence-corrected chi connectivity index (χ3v) is 5.01. The Balaban J connectivity index is 2.16. The van der Waals surface area contributed by atoms with E-state index >= 15 is 0 Å². The molecular formula is C18H30N2O. The Bertz CT molecular complexity index is 425. The summed E-state index contributed by atoms with van der Waals surface area (Å²) in [7, 11) is 0. The van der Waals surface area contributed by atoms with Crippen LogP contribution in [0.2, 0.25) is 0 Å². The average Bonchev–Trinajstić information content (AvgIpc) is 2.55. The van der Waals surface area contributed by atoms with Crippen LogP contribution in [-0.4, -0.2) is 30.1 Å². The molecule has 1 aromatic rings. The number of nitrogens with two attached hydrogens (primary N) is 1. The molecule has 0 spiro atoms. The van der Waals surface area contributed by atoms with Crippen LogP contribution in [0, 0.1) is 0 Å². The van der Waals surface area contributed by atoms with E-state index in [0.717, 1.165) is 12.2 Å². The zero-order valence-corrected chi connectivity index (χ0v) is 13.8. The van der Waals surface area contributed by atoms with Gasteiger partial charge < -0.3 is 10.5 Å². The number of hydrogen-bond acceptors (Lipinski definition) is 3. The summed E-state index contributed by atoms with van der Waals surface area (Å²) in [6, 6.07) is 8.34. The molecule has 1 aliphatic heterocycles. The Labute approximate surface area is 129 Å². The summed E-state index contributed by atoms with van der Waals surface area (Å²) >= 11 is 0. The Morgan fingerprint density at radius 2 is 1.76 bits per heavy atom. The van der Waals surface area contributed by atoms with Crippen LogP contribution in [0.5, 0.6) is 5.75 Å². The van der Waals surface area contributed by atoms with Crippen LogP contribution < -0.4 is 10.5 Å². The summed E-state index contributed by atoms with van der Waals surface area (Å²) < 4.78 is 5.52. The molecule has 1 aromatic carbocycles. The predicted octanol–water partition coefficient (Wildman–Crippen LogP) is 3.74. The zero-order valence-electron chi connectivity index (χ0n) is 13.8. The van der Waals surface area contributed by atoms with Crippen molar-refractivity contribution in [1.29, 1.82) is 0 Å². The second kappa shape index (κ2) is 7.28. The van der Waals surface area contributed by atoms with Gasteiger partial charge in [-0.2, -0.15) is 0 Å². The Kier molecular flexibility index (Phi) is 5.65. The largest absolute Gasteiger partial charge is 0.494 e. The Morgan fingerprint density at radius 3 is 2.29 bits per heavy atom. The van der Waals surface area contributed by atoms with E-state index < -0.39 is 0 Å². The monoisotopic (exact) mass is 290 g/mol. The van der Waals surface area contributed by atoms with Gasteiger partial charge in [0.15, 0.2) is 0 Å². The molecule has 0 amide bonds. The molecule has 118 valence electrons. The predicted molar refractivity (Wildman–Crippen MR) is 88.7 cm³/mol. The van der Waals surface area contributed by atoms with Crippen molar-refractivity contribution in [2.24, 2.45) is 5.73 Å². The van der Waals surface area contributed by atoms with Crippen molar-refractivity contribution in [3.63, 3.8) is 0 Å². The molecule has 0 aromatic heterocycles. The van der Waals surface area contributed by atoms with E-state index in [1.807, 2.05) is 19.1 Å². The van der Waals surface area contributed by atoms with Crippen molar-refractivity contribution in [3.05, 3.63) is 29.8 Å². The highest BCUT2D eigenvalue weighted by atomic mass is 16.5. The second-order valence-corrected chi connectivity index (χ2v) is 6.24. The van der Waals surface area contributed by atoms with Crippen molar-refractivity contribution < 1.29 is 4.74 Å². The molecule has 2 rings (SSSR count). The molecule has 1 fully saturated rings. The lowest BCUT2D eigenvalue weighted by Crippen LogP contribution is -2.54. The van der Waals surface area contributed by atoms with Crippen LogP contribution in [0.25, 0.3) is 0 Å². The lowest BCUT2D eigenvalue weighted by Gasteiger charge is -2.47. The quantitative estimate of drug-likeness (QED) is 0.867. The first-order valence-corrected chi connectivity index (χ1v) is 8.35. The SMILES string of the molecule is CCOc1ccc(C(N)C(C)(CC)N2CCCCC2)cc1. The van der Waals surface area contributed by atoms with Gasteiger partial charge in [-0.15, -0.1) is 0 Å². The molecule has 1 aliphatic rings. The summed E-state index contributed by atoms with van der Waals surface area (Å²) in [6.45, 7) is 9.63. The normalized spacial score (nSPS) is 20.8. The van der Waals surface area contributed by atoms with Crippen molar-refractivity contribution >= 4 is 0 Å². The van der Waals surface area contributed by atoms with Crippen molar-refractivity contribution in [1.82, 2.24) is 4.90 Å². The van der Waals surface area contributed by atoms with Crippen molar-refractivity contribution in [3.8, 4) is 5.75 Å². The van der Waals surface area contributed by atoms with Gasteiger partial charge in [0.2, 0.25) is 0 Å². The lowest BCUT2D eigenvalue weighted by atomic mass is 9.82. The zero-order chi connectivity index (χ0) is 15.3. The van der Waals surface area contributed by atoms with Crippen LogP contribution in [-0.2, 0) is 0 Å². The minimum absolute atomic E-state index is 0.0353. The van der Waals surface area contributed by atoms with Crippen LogP contribution in [0.1, 0.15) is 58.1 Å². The first-order valence-electron chi connectivity index (χ1n) is 8.35. The molecule has 3 heteroatoms. The maximum Gasteiger partial charge on any atom is 0.119 e. The van der Waals surface area contributed by atoms with E-state index in [4.69, 9.17) is 10.5 Å². The maximum atomic E-state index is 6.66. The van der Waals surface area contributed by atoms with Gasteiger partial charge in [0.25, 0.3) is 0 Å². The highest BCUT2D eigenvalue weighted by Gasteiger charge is 2.37. The van der Waals surface area contributed by atoms with E-state index in [0.29, 0.717) is 6.61 Å². The van der Waals surface area contributed by atoms with Crippen molar-refractivity contribution in [2.75, 3.05) is 19.7 Å². The molecule has 0 radical (unpaired) electrons. The summed E-state index contributed by atoms with van der Waals surface area (Å²) in [5, 5.41) is 0. The third kappa shape index (κ3) is 3.58. The minimum Gasteiger partial charge on any atom is -0.494 e. The molecule has 1 saturated heterocycles. The highest BCUT2D eigenvalue weighted by molar-refractivity contribution is 5.31. The molecule has 1 heterocycles. The number of rotatable bonds is 6. The molecule has 2 atom stereocenters. The van der Waals surface area contributed by atoms with Gasteiger partial charge in [-0.25, -0.2) is 0 Å². The summed E-state index contributed by atoms with van der Waals surface area (Å²) in [4.78, 5) is 2.59. The molecule has 21 heavy (non-hydrogen) atoms. The van der Waals surface area contributed by atoms with Crippen LogP contribution in [0.3, 0.4) is 0 Å². The van der Waals surface area contributed by atoms with Crippen LogP contribution >= 0.6 is 0 Å². The van der Waals surface area contributed by atoms with Gasteiger partial charge in [-0.3, -0.25) is 4.90 Å². The smallest absolute Gasteiger partial charge is 0.119 e. The topological polar surface area (TPSA) is 38.5 Å². The number of ether oxygens (including phenoxy) is 1. The number of piperidine rings is 1. The summed E-state index contributed by atoms with van der Waals surface area (Å²) in [5.41, 5.74) is 7.89. The molecule has 3 nitrogen and oxygen atoms in total. The molecule has 0 bridgehead atoms. The minimum atomic E-state index is 0.0353. The van der Waals surface area contributed by atoms with Gasteiger partial charge in [0.1, 0.15) is 5.75 Å². The van der Waals surface area contributed by atoms with Crippen LogP contribution in [0.4, 0.5) is 0 Å². The first kappa shape index (κ1) is 16.3. The summed E-state index contributed by atoms with van der Waals surface area (Å²) in [6.07, 6.45) is 5.02. The van der Waals surface area contributed by atoms with E-state index in [-0.39, 0.29) is 11.6 Å². The summed E-state index contributed by atoms with van der Waals surface area (Å²) in [5.74, 6) is 0.921. The molecule has 2 N–H and O–H groups in total. The average molecular weight is 290 g/mol. The maximum absolute atomic E-state index is 6.66. The van der Waals surface area contributed by atoms with E-state index in [1.54, 1.807) is 0 Å². The molecule has 2 unspecified atom stereocenters. The number of likely N-dealkylation sites (tertiary alicyclic amines) is 1. The van der Waals surface area contributed by atoms with Gasteiger partial charge >= 0.3 is 0 Å². The van der Waals surface area contributed by atoms with E-state index in [2.05, 4.69) is 30.9 Å². The van der Waals surface area contributed by atoms with E-state index in [9.17, 15) is 0 Å². The van der Waals surface area contributed by atoms with Gasteiger partial charge in [-0.1, -0.05) is 25.5 Å². The first-order chi connectivity index (χ1) is 10.1. The van der Waals surface area contributed by atoms with Gasteiger partial charge in [0.05, 0.1) is 6.61 Å². The van der Waals surface area contributed by atoms with Gasteiger partial charge in [0, 0.05) is 11.6 Å². The number of hydrogen-bond donors (Lipinski definition) is 1. The lowest BCUT2D eigenvalue weighted by molar-refractivity contribution is 0.0542. The van der Waals surface area contributed by atoms with E-state index in [1.165, 1.54) is 37.9 Å². The standard InChI is InChI=1S/C18H30N2O/c1-4-18(3,20-13-7-6-8-14-20)17(19)15-9-11-16(12-10-15)21-5-2/h9-12,17H,4-8,13-14,19H2,1-3H3. The molecular weight excluding hydrogens is 260 g/mol. The number of benzene rings is 1. The second-order valence-electron chi connectivity index (χ2n) is 6.24. The molecule has 0 saturated carbocycles. The number of nitrogens with zero attached hydrogens (tertiary/aromatic N) is 1. The van der Waals surface area contributed by atoms with Gasteiger partial charge in [-0.05, 0) is 63.9 Å². The highest BCUT2D eigenvalue weighted by Crippen LogP contribution is 2.34. The fourth-order valence-corrected chi connectivity index (χ4v) is 3.34. The molecule has 0 aliphatic carbocycles. The van der Waals surface area contributed by atoms with Crippen molar-refractivity contribution in [2.45, 2.75) is 58.0 Å². The van der Waals surface area contributed by atoms with Crippen LogP contribution in [0.15, 0.2) is 24.3 Å². The fourth-order valence-electron chi connectivity index (χ4n) is 3.34. The fraction of sp³-hybridized carbons (Fsp3) is 0.667. The third-order valence-electron chi connectivity index (χ3n) is 5.01.